The van der Waals surface area contributed by atoms with Gasteiger partial charge in [0.15, 0.2) is 8.32 Å². The van der Waals surface area contributed by atoms with E-state index in [0.717, 1.165) is 6.42 Å². The van der Waals surface area contributed by atoms with E-state index < -0.39 is 8.32 Å². The Balaban J connectivity index is 4.14. The van der Waals surface area contributed by atoms with Gasteiger partial charge in [-0.2, -0.15) is 0 Å². The lowest BCUT2D eigenvalue weighted by Gasteiger charge is -2.36. The van der Waals surface area contributed by atoms with Gasteiger partial charge >= 0.3 is 5.97 Å². The van der Waals surface area contributed by atoms with Crippen molar-refractivity contribution in [3.63, 3.8) is 0 Å². The van der Waals surface area contributed by atoms with E-state index >= 15 is 0 Å². The molecule has 0 saturated heterocycles. The Labute approximate surface area is 113 Å². The lowest BCUT2D eigenvalue weighted by atomic mass is 10.2. The Bertz CT molecular complexity index is 301. The predicted octanol–water partition coefficient (Wildman–Crippen LogP) is 3.91. The minimum atomic E-state index is -1.66. The number of hydrogen-bond donors (Lipinski definition) is 0. The molecule has 0 heterocycles. The molecule has 0 fully saturated rings. The van der Waals surface area contributed by atoms with E-state index in [4.69, 9.17) is 9.16 Å². The van der Waals surface area contributed by atoms with E-state index in [1.807, 2.05) is 13.0 Å². The van der Waals surface area contributed by atoms with Crippen molar-refractivity contribution >= 4 is 14.3 Å². The van der Waals surface area contributed by atoms with Crippen LogP contribution >= 0.6 is 0 Å². The van der Waals surface area contributed by atoms with Crippen LogP contribution in [0, 0.1) is 0 Å². The van der Waals surface area contributed by atoms with Crippen LogP contribution in [-0.4, -0.2) is 27.5 Å². The molecule has 0 aliphatic rings. The Morgan fingerprint density at radius 2 is 1.83 bits per heavy atom. The number of hydrogen-bond acceptors (Lipinski definition) is 3. The summed E-state index contributed by atoms with van der Waals surface area (Å²) in [6.07, 6.45) is 2.66. The quantitative estimate of drug-likeness (QED) is 0.318. The molecule has 0 rings (SSSR count). The first kappa shape index (κ1) is 17.4. The first-order valence-corrected chi connectivity index (χ1v) is 9.50. The molecule has 0 aromatic rings. The topological polar surface area (TPSA) is 35.5 Å². The van der Waals surface area contributed by atoms with Crippen LogP contribution < -0.4 is 0 Å². The second-order valence-corrected chi connectivity index (χ2v) is 10.8. The fraction of sp³-hybridized carbons (Fsp3) is 0.786. The fourth-order valence-electron chi connectivity index (χ4n) is 1.13. The zero-order valence-corrected chi connectivity index (χ0v) is 13.9. The van der Waals surface area contributed by atoms with Crippen molar-refractivity contribution in [3.8, 4) is 0 Å². The van der Waals surface area contributed by atoms with Crippen molar-refractivity contribution in [2.75, 3.05) is 13.2 Å². The van der Waals surface area contributed by atoms with Crippen LogP contribution in [0.1, 0.15) is 41.0 Å². The van der Waals surface area contributed by atoms with Crippen molar-refractivity contribution in [1.82, 2.24) is 0 Å². The third kappa shape index (κ3) is 5.82. The van der Waals surface area contributed by atoms with Gasteiger partial charge in [0, 0.05) is 12.2 Å². The molecule has 0 spiro atoms. The SMILES string of the molecule is CCOC(=O)C(C)=CCCO[Si](C)(C)C(C)(C)C. The van der Waals surface area contributed by atoms with Gasteiger partial charge in [0.25, 0.3) is 0 Å². The molecule has 0 aliphatic heterocycles. The fourth-order valence-corrected chi connectivity index (χ4v) is 2.20. The van der Waals surface area contributed by atoms with Crippen LogP contribution in [0.25, 0.3) is 0 Å². The van der Waals surface area contributed by atoms with Gasteiger partial charge in [0.05, 0.1) is 6.61 Å². The third-order valence-corrected chi connectivity index (χ3v) is 7.97. The smallest absolute Gasteiger partial charge is 0.333 e. The molecular weight excluding hydrogens is 244 g/mol. The summed E-state index contributed by atoms with van der Waals surface area (Å²) in [4.78, 5) is 11.4. The number of esters is 1. The lowest BCUT2D eigenvalue weighted by molar-refractivity contribution is -0.138. The summed E-state index contributed by atoms with van der Waals surface area (Å²) >= 11 is 0. The van der Waals surface area contributed by atoms with Gasteiger partial charge in [-0.1, -0.05) is 26.8 Å². The largest absolute Gasteiger partial charge is 0.463 e. The highest BCUT2D eigenvalue weighted by molar-refractivity contribution is 6.74. The zero-order valence-electron chi connectivity index (χ0n) is 12.9. The Hall–Kier alpha value is -0.613. The van der Waals surface area contributed by atoms with Gasteiger partial charge in [0.1, 0.15) is 0 Å². The Morgan fingerprint density at radius 1 is 1.28 bits per heavy atom. The van der Waals surface area contributed by atoms with Gasteiger partial charge in [-0.15, -0.1) is 0 Å². The van der Waals surface area contributed by atoms with Gasteiger partial charge in [-0.25, -0.2) is 4.79 Å². The maximum Gasteiger partial charge on any atom is 0.333 e. The van der Waals surface area contributed by atoms with Gasteiger partial charge in [0.2, 0.25) is 0 Å². The number of carbonyl (C=O) groups is 1. The third-order valence-electron chi connectivity index (χ3n) is 3.43. The molecule has 0 amide bonds. The van der Waals surface area contributed by atoms with E-state index in [1.54, 1.807) is 6.92 Å². The average molecular weight is 272 g/mol. The van der Waals surface area contributed by atoms with Crippen molar-refractivity contribution in [3.05, 3.63) is 11.6 Å². The van der Waals surface area contributed by atoms with E-state index in [0.29, 0.717) is 18.8 Å². The van der Waals surface area contributed by atoms with E-state index in [1.165, 1.54) is 0 Å². The van der Waals surface area contributed by atoms with Crippen LogP contribution in [0.2, 0.25) is 18.1 Å². The van der Waals surface area contributed by atoms with Crippen molar-refractivity contribution < 1.29 is 14.0 Å². The predicted molar refractivity (Wildman–Crippen MR) is 78.2 cm³/mol. The van der Waals surface area contributed by atoms with Crippen molar-refractivity contribution in [2.24, 2.45) is 0 Å². The molecule has 106 valence electrons. The number of rotatable bonds is 6. The highest BCUT2D eigenvalue weighted by Crippen LogP contribution is 2.36. The molecule has 0 atom stereocenters. The monoisotopic (exact) mass is 272 g/mol. The zero-order chi connectivity index (χ0) is 14.4. The first-order chi connectivity index (χ1) is 8.12. The molecule has 0 aliphatic carbocycles. The molecule has 0 N–H and O–H groups in total. The summed E-state index contributed by atoms with van der Waals surface area (Å²) in [5.41, 5.74) is 0.663. The Kier molecular flexibility index (Phi) is 6.85. The summed E-state index contributed by atoms with van der Waals surface area (Å²) in [6.45, 7) is 15.8. The average Bonchev–Trinajstić information content (AvgIpc) is 2.22. The summed E-state index contributed by atoms with van der Waals surface area (Å²) in [5, 5.41) is 0.229. The van der Waals surface area contributed by atoms with E-state index in [9.17, 15) is 4.79 Å². The molecule has 0 aromatic heterocycles. The molecule has 18 heavy (non-hydrogen) atoms. The summed E-state index contributed by atoms with van der Waals surface area (Å²) in [5.74, 6) is -0.232. The van der Waals surface area contributed by atoms with Crippen LogP contribution in [0.15, 0.2) is 11.6 Å². The minimum absolute atomic E-state index is 0.229. The second kappa shape index (κ2) is 7.09. The molecule has 4 heteroatoms. The summed E-state index contributed by atoms with van der Waals surface area (Å²) < 4.78 is 10.9. The maximum atomic E-state index is 11.4. The first-order valence-electron chi connectivity index (χ1n) is 6.59. The highest BCUT2D eigenvalue weighted by atomic mass is 28.4. The van der Waals surface area contributed by atoms with Crippen LogP contribution in [-0.2, 0) is 14.0 Å². The lowest BCUT2D eigenvalue weighted by Crippen LogP contribution is -2.40. The van der Waals surface area contributed by atoms with Gasteiger partial charge < -0.3 is 9.16 Å². The van der Waals surface area contributed by atoms with Crippen LogP contribution in [0.4, 0.5) is 0 Å². The molecule has 0 unspecified atom stereocenters. The van der Waals surface area contributed by atoms with Gasteiger partial charge in [-0.05, 0) is 38.4 Å². The molecule has 3 nitrogen and oxygen atoms in total. The summed E-state index contributed by atoms with van der Waals surface area (Å²) in [7, 11) is -1.66. The maximum absolute atomic E-state index is 11.4. The van der Waals surface area contributed by atoms with Crippen molar-refractivity contribution in [1.29, 1.82) is 0 Å². The molecular formula is C14H28O3Si. The molecule has 0 bridgehead atoms. The molecule has 0 radical (unpaired) electrons. The minimum Gasteiger partial charge on any atom is -0.463 e. The second-order valence-electron chi connectivity index (χ2n) is 6.01. The van der Waals surface area contributed by atoms with E-state index in [-0.39, 0.29) is 11.0 Å². The van der Waals surface area contributed by atoms with Gasteiger partial charge in [-0.3, -0.25) is 0 Å². The highest BCUT2D eigenvalue weighted by Gasteiger charge is 2.36. The van der Waals surface area contributed by atoms with Crippen molar-refractivity contribution in [2.45, 2.75) is 59.2 Å². The van der Waals surface area contributed by atoms with E-state index in [2.05, 4.69) is 33.9 Å². The normalized spacial score (nSPS) is 13.6. The molecule has 0 aromatic carbocycles. The number of ether oxygens (including phenoxy) is 1. The summed E-state index contributed by atoms with van der Waals surface area (Å²) in [6, 6.07) is 0. The Morgan fingerprint density at radius 3 is 2.28 bits per heavy atom. The standard InChI is InChI=1S/C14H28O3Si/c1-8-16-13(15)12(2)10-9-11-17-18(6,7)14(3,4)5/h10H,8-9,11H2,1-7H3. The molecule has 0 saturated carbocycles. The number of carbonyl (C=O) groups excluding carboxylic acids is 1. The van der Waals surface area contributed by atoms with Crippen LogP contribution in [0.3, 0.4) is 0 Å². The van der Waals surface area contributed by atoms with Crippen LogP contribution in [0.5, 0.6) is 0 Å².